The van der Waals surface area contributed by atoms with E-state index in [4.69, 9.17) is 42.1 Å². The Hall–Kier alpha value is -8.50. The normalized spacial score (nSPS) is 29.3. The lowest BCUT2D eigenvalue weighted by molar-refractivity contribution is -0.257. The van der Waals surface area contributed by atoms with Crippen LogP contribution in [0.5, 0.6) is 11.8 Å². The van der Waals surface area contributed by atoms with Crippen LogP contribution in [0.15, 0.2) is 73.1 Å². The monoisotopic (exact) mass is 1750 g/mol. The van der Waals surface area contributed by atoms with Crippen molar-refractivity contribution in [2.24, 2.45) is 58.2 Å². The number of amides is 4. The van der Waals surface area contributed by atoms with Gasteiger partial charge in [-0.25, -0.2) is 26.8 Å². The molecule has 0 radical (unpaired) electrons. The van der Waals surface area contributed by atoms with Crippen LogP contribution in [-0.2, 0) is 67.9 Å². The van der Waals surface area contributed by atoms with Crippen molar-refractivity contribution in [3.8, 4) is 11.8 Å². The third kappa shape index (κ3) is 18.3. The molecule has 4 aliphatic carbocycles. The third-order valence-electron chi connectivity index (χ3n) is 25.9. The molecule has 652 valence electrons. The Morgan fingerprint density at radius 3 is 1.25 bits per heavy atom. The first-order valence-corrected chi connectivity index (χ1v) is 44.5. The minimum atomic E-state index is -4.88. The maximum Gasteiger partial charge on any atom is 0.427 e. The van der Waals surface area contributed by atoms with Gasteiger partial charge in [0.2, 0.25) is 78.2 Å². The summed E-state index contributed by atoms with van der Waals surface area (Å²) in [6, 6.07) is 7.91. The van der Waals surface area contributed by atoms with Crippen LogP contribution >= 0.6 is 23.2 Å². The fraction of sp³-hybridized carbons (Fsp3) is 0.619. The predicted octanol–water partition coefficient (Wildman–Crippen LogP) is 14.1. The van der Waals surface area contributed by atoms with Gasteiger partial charge in [-0.15, -0.1) is 0 Å². The van der Waals surface area contributed by atoms with E-state index in [0.29, 0.717) is 119 Å². The number of esters is 2. The highest BCUT2D eigenvalue weighted by molar-refractivity contribution is 7.92. The molecule has 6 fully saturated rings. The number of aryl methyl sites for hydroxylation is 2. The van der Waals surface area contributed by atoms with Crippen molar-refractivity contribution in [2.45, 2.75) is 256 Å². The van der Waals surface area contributed by atoms with Gasteiger partial charge < -0.3 is 28.7 Å². The number of hydrogen-bond acceptors (Lipinski definition) is 20. The second-order valence-corrected chi connectivity index (χ2v) is 41.7. The van der Waals surface area contributed by atoms with Crippen molar-refractivity contribution in [2.75, 3.05) is 13.1 Å². The maximum atomic E-state index is 14.9. The number of aromatic nitrogens is 6. The zero-order valence-electron chi connectivity index (χ0n) is 68.9. The largest absolute Gasteiger partial charge is 0.472 e. The lowest BCUT2D eigenvalue weighted by Gasteiger charge is -2.33. The molecule has 0 unspecified atom stereocenters. The number of carbonyl (C=O) groups excluding carboxylic acids is 8. The number of rotatable bonds is 16. The van der Waals surface area contributed by atoms with Crippen LogP contribution in [0.25, 0.3) is 33.4 Å². The number of allylic oxidation sites excluding steroid dienone is 4. The van der Waals surface area contributed by atoms with Crippen molar-refractivity contribution in [3.05, 3.63) is 94.5 Å². The maximum absolute atomic E-state index is 14.9. The van der Waals surface area contributed by atoms with Crippen molar-refractivity contribution >= 4 is 124 Å². The first kappa shape index (κ1) is 89.3. The Morgan fingerprint density at radius 1 is 0.550 bits per heavy atom. The number of fused-ring (bicyclic) bond motifs is 10. The first-order valence-electron chi connectivity index (χ1n) is 40.8. The molecule has 120 heavy (non-hydrogen) atoms. The summed E-state index contributed by atoms with van der Waals surface area (Å²) in [5.74, 6) is -9.71. The van der Waals surface area contributed by atoms with Crippen LogP contribution in [0.1, 0.15) is 196 Å². The van der Waals surface area contributed by atoms with Crippen molar-refractivity contribution in [1.29, 1.82) is 0 Å². The van der Waals surface area contributed by atoms with Gasteiger partial charge in [-0.1, -0.05) is 75.2 Å². The molecule has 26 nitrogen and oxygen atoms in total. The van der Waals surface area contributed by atoms with Gasteiger partial charge in [0.1, 0.15) is 12.2 Å². The standard InChI is InChI=1S/2C42H51ClF3N5O8S/c2*1-23-9-7-8-10-26-19-41(26,37(55)49-60(56,57)40(6)13-14-40)20-33(52)32-17-28(58-35-30-16-27(43)11-12-31(30)51-21-25(3)47-38(51)48-35)22-50(32)36(54)29(24(2)15-23)18-34(53)59-39(4,5)42(44,45)46/h2*8,10-12,16,21,23-24,26,28-29,32H,7,9,13-15,17-20,22H2,1-6H3,(H,49,55)/b2*10-8-/t23-,24+,26+,28+,29-,32-,41+;23-,24-,26-,28-,29+,32+,41-/m01/s1. The Kier molecular flexibility index (Phi) is 24.3. The van der Waals surface area contributed by atoms with Crippen LogP contribution in [-0.4, -0.2) is 173 Å². The molecular weight excluding hydrogens is 1650 g/mol. The van der Waals surface area contributed by atoms with Crippen LogP contribution in [0.4, 0.5) is 26.3 Å². The van der Waals surface area contributed by atoms with E-state index in [1.54, 1.807) is 85.3 Å². The molecule has 36 heteroatoms. The highest BCUT2D eigenvalue weighted by Crippen LogP contribution is 2.60. The van der Waals surface area contributed by atoms with E-state index in [2.05, 4.69) is 29.4 Å². The summed E-state index contributed by atoms with van der Waals surface area (Å²) in [6.07, 6.45) is 2.72. The van der Waals surface area contributed by atoms with Crippen LogP contribution in [0.2, 0.25) is 10.0 Å². The molecule has 0 spiro atoms. The molecule has 8 aliphatic rings. The Labute approximate surface area is 701 Å². The van der Waals surface area contributed by atoms with E-state index < -0.39 is 197 Å². The van der Waals surface area contributed by atoms with Gasteiger partial charge in [0.05, 0.1) is 103 Å². The van der Waals surface area contributed by atoms with Gasteiger partial charge in [0, 0.05) is 48.1 Å². The fourth-order valence-corrected chi connectivity index (χ4v) is 20.4. The fourth-order valence-electron chi connectivity index (χ4n) is 17.4. The van der Waals surface area contributed by atoms with Gasteiger partial charge in [-0.3, -0.25) is 56.6 Å². The van der Waals surface area contributed by atoms with Crippen molar-refractivity contribution in [1.82, 2.24) is 48.0 Å². The molecule has 2 saturated heterocycles. The molecule has 2 N–H and O–H groups in total. The third-order valence-corrected chi connectivity index (χ3v) is 30.7. The van der Waals surface area contributed by atoms with E-state index in [9.17, 15) is 81.5 Å². The average Bonchev–Trinajstić information content (AvgIpc) is 1.56. The lowest BCUT2D eigenvalue weighted by Crippen LogP contribution is -2.48. The number of sulfonamides is 2. The van der Waals surface area contributed by atoms with Crippen LogP contribution in [0.3, 0.4) is 0 Å². The van der Waals surface area contributed by atoms with Crippen LogP contribution in [0, 0.1) is 72.0 Å². The van der Waals surface area contributed by atoms with Crippen LogP contribution < -0.4 is 18.9 Å². The highest BCUT2D eigenvalue weighted by atomic mass is 35.5. The van der Waals surface area contributed by atoms with Gasteiger partial charge >= 0.3 is 24.3 Å². The number of ether oxygens (including phenoxy) is 4. The minimum absolute atomic E-state index is 0.00360. The van der Waals surface area contributed by atoms with Gasteiger partial charge in [-0.05, 0) is 204 Å². The van der Waals surface area contributed by atoms with Gasteiger partial charge in [0.15, 0.2) is 11.6 Å². The van der Waals surface area contributed by atoms with E-state index in [1.807, 2.05) is 52.0 Å². The molecule has 4 aliphatic heterocycles. The topological polar surface area (TPSA) is 333 Å². The Morgan fingerprint density at radius 2 is 0.908 bits per heavy atom. The molecular formula is C84H102Cl2F6N10O16S2. The number of alkyl halides is 6. The second-order valence-electron chi connectivity index (χ2n) is 36.4. The Bertz CT molecular complexity index is 5090. The Balaban J connectivity index is 0.000000207. The predicted molar refractivity (Wildman–Crippen MR) is 431 cm³/mol. The number of halogens is 8. The van der Waals surface area contributed by atoms with Crippen molar-refractivity contribution in [3.63, 3.8) is 0 Å². The number of benzene rings is 2. The zero-order chi connectivity index (χ0) is 87.5. The van der Waals surface area contributed by atoms with Crippen molar-refractivity contribution < 1.29 is 100 Å². The summed E-state index contributed by atoms with van der Waals surface area (Å²) in [7, 11) is -8.09. The number of carbonyl (C=O) groups is 8. The number of ketones is 2. The quantitative estimate of drug-likeness (QED) is 0.0516. The summed E-state index contributed by atoms with van der Waals surface area (Å²) in [4.78, 5) is 135. The molecule has 14 rings (SSSR count). The van der Waals surface area contributed by atoms with E-state index in [1.165, 1.54) is 9.80 Å². The molecule has 0 bridgehead atoms. The summed E-state index contributed by atoms with van der Waals surface area (Å²) in [6.45, 7) is 16.8. The molecule has 4 amide bonds. The number of nitrogens with zero attached hydrogens (tertiary/aromatic N) is 8. The lowest BCUT2D eigenvalue weighted by atomic mass is 9.82. The van der Waals surface area contributed by atoms with Gasteiger partial charge in [0.25, 0.3) is 0 Å². The zero-order valence-corrected chi connectivity index (χ0v) is 72.1. The number of hydrogen-bond donors (Lipinski definition) is 2. The molecule has 14 atom stereocenters. The van der Waals surface area contributed by atoms with E-state index in [-0.39, 0.29) is 62.4 Å². The van der Waals surface area contributed by atoms with E-state index in [0.717, 1.165) is 27.7 Å². The van der Waals surface area contributed by atoms with Gasteiger partial charge in [-0.2, -0.15) is 36.3 Å². The second kappa shape index (κ2) is 32.6. The SMILES string of the molecule is Cc1cn2c(n1)nc(O[C@@H]1C[C@H]3C(=O)C[C@]4(C(=O)NS(=O)(=O)C5(C)CC5)C[C@H]4/C=C\CC[C@@H](C)C[C@@H](C)[C@H](CC(=O)OC(C)(C)C(F)(F)F)C(=O)N3C1)c1cc(Cl)ccc12.Cc1cn2c(n1)nc(O[C@@H]1C[C@H]3C(=O)C[C@]4(C(=O)NS(=O)(=O)C5(C)CC5)C[C@H]4/C=C\CC[C@H](C)C[C@@H](C)[C@H](CC(=O)OC(C)(C)C(F)(F)F)C(=O)N3C1)c1cc(Cl)ccc12. The number of Topliss-reactive ketones (excluding diaryl/α,β-unsaturated/α-hetero) is 2. The highest BCUT2D eigenvalue weighted by Gasteiger charge is 2.65. The average molecular weight is 1760 g/mol. The summed E-state index contributed by atoms with van der Waals surface area (Å²) >= 11 is 12.8. The molecule has 6 aromatic rings. The molecule has 8 heterocycles. The number of imidazole rings is 2. The first-order chi connectivity index (χ1) is 55.9. The minimum Gasteiger partial charge on any atom is -0.472 e. The molecule has 4 saturated carbocycles. The molecule has 4 aromatic heterocycles. The summed E-state index contributed by atoms with van der Waals surface area (Å²) in [5.41, 5.74) is -5.71. The van der Waals surface area contributed by atoms with E-state index >= 15 is 0 Å². The smallest absolute Gasteiger partial charge is 0.427 e. The summed E-state index contributed by atoms with van der Waals surface area (Å²) < 4.78 is 165. The summed E-state index contributed by atoms with van der Waals surface area (Å²) in [5, 5.41) is 1.85. The molecule has 2 aromatic carbocycles. The number of nitrogens with one attached hydrogen (secondary N) is 2.